The third kappa shape index (κ3) is 3.14. The Morgan fingerprint density at radius 2 is 2.21 bits per heavy atom. The summed E-state index contributed by atoms with van der Waals surface area (Å²) in [5.41, 5.74) is 0. The molecular weight excluding hydrogens is 176 g/mol. The Hall–Kier alpha value is -0.830. The molecule has 0 aromatic carbocycles. The van der Waals surface area contributed by atoms with Gasteiger partial charge in [-0.15, -0.1) is 0 Å². The molecule has 0 radical (unpaired) electrons. The lowest BCUT2D eigenvalue weighted by atomic mass is 9.93. The van der Waals surface area contributed by atoms with Gasteiger partial charge in [0.1, 0.15) is 0 Å². The predicted octanol–water partition coefficient (Wildman–Crippen LogP) is 1.02. The molecule has 0 aliphatic carbocycles. The number of carbonyl (C=O) groups excluding carboxylic acids is 1. The van der Waals surface area contributed by atoms with E-state index in [0.717, 1.165) is 38.4 Å². The highest BCUT2D eigenvalue weighted by atomic mass is 16.2. The van der Waals surface area contributed by atoms with E-state index in [1.54, 1.807) is 0 Å². The van der Waals surface area contributed by atoms with Crippen molar-refractivity contribution in [1.82, 2.24) is 10.2 Å². The van der Waals surface area contributed by atoms with Crippen molar-refractivity contribution in [2.45, 2.75) is 19.3 Å². The Balaban J connectivity index is 2.24. The van der Waals surface area contributed by atoms with Gasteiger partial charge in [0.05, 0.1) is 0 Å². The molecule has 0 aromatic rings. The minimum atomic E-state index is 0.0806. The van der Waals surface area contributed by atoms with Gasteiger partial charge in [-0.25, -0.2) is 0 Å². The number of amides is 1. The molecule has 1 N–H and O–H groups in total. The number of carbonyl (C=O) groups is 1. The summed E-state index contributed by atoms with van der Waals surface area (Å²) in [5.74, 6) is 0.869. The molecule has 80 valence electrons. The first-order chi connectivity index (χ1) is 6.77. The maximum atomic E-state index is 11.3. The summed E-state index contributed by atoms with van der Waals surface area (Å²) in [5, 5.41) is 3.16. The topological polar surface area (TPSA) is 32.3 Å². The molecule has 1 rings (SSSR count). The van der Waals surface area contributed by atoms with Gasteiger partial charge in [-0.1, -0.05) is 6.58 Å². The normalized spacial score (nSPS) is 18.2. The van der Waals surface area contributed by atoms with E-state index in [2.05, 4.69) is 11.9 Å². The molecule has 0 saturated carbocycles. The summed E-state index contributed by atoms with van der Waals surface area (Å²) < 4.78 is 0. The number of rotatable bonds is 4. The van der Waals surface area contributed by atoms with E-state index in [-0.39, 0.29) is 5.91 Å². The van der Waals surface area contributed by atoms with Gasteiger partial charge in [-0.05, 0) is 44.8 Å². The average Bonchev–Trinajstić information content (AvgIpc) is 2.26. The fourth-order valence-electron chi connectivity index (χ4n) is 1.92. The second kappa shape index (κ2) is 5.81. The molecule has 1 fully saturated rings. The van der Waals surface area contributed by atoms with Gasteiger partial charge in [0.15, 0.2) is 0 Å². The van der Waals surface area contributed by atoms with E-state index in [1.165, 1.54) is 12.5 Å². The number of piperidine rings is 1. The zero-order valence-electron chi connectivity index (χ0n) is 8.96. The van der Waals surface area contributed by atoms with Gasteiger partial charge >= 0.3 is 0 Å². The van der Waals surface area contributed by atoms with Crippen LogP contribution < -0.4 is 5.32 Å². The zero-order chi connectivity index (χ0) is 10.4. The van der Waals surface area contributed by atoms with Crippen LogP contribution >= 0.6 is 0 Å². The number of likely N-dealkylation sites (tertiary alicyclic amines) is 1. The minimum Gasteiger partial charge on any atom is -0.339 e. The van der Waals surface area contributed by atoms with Crippen LogP contribution in [0.5, 0.6) is 0 Å². The second-order valence-electron chi connectivity index (χ2n) is 3.87. The van der Waals surface area contributed by atoms with Crippen molar-refractivity contribution in [2.24, 2.45) is 5.92 Å². The van der Waals surface area contributed by atoms with E-state index in [4.69, 9.17) is 0 Å². The third-order valence-corrected chi connectivity index (χ3v) is 2.90. The third-order valence-electron chi connectivity index (χ3n) is 2.90. The van der Waals surface area contributed by atoms with Crippen molar-refractivity contribution in [2.75, 3.05) is 26.7 Å². The first kappa shape index (κ1) is 11.2. The van der Waals surface area contributed by atoms with E-state index in [9.17, 15) is 4.79 Å². The highest BCUT2D eigenvalue weighted by Gasteiger charge is 2.20. The smallest absolute Gasteiger partial charge is 0.245 e. The molecule has 1 aliphatic heterocycles. The monoisotopic (exact) mass is 196 g/mol. The van der Waals surface area contributed by atoms with Crippen molar-refractivity contribution in [3.8, 4) is 0 Å². The molecule has 3 heteroatoms. The van der Waals surface area contributed by atoms with Crippen LogP contribution in [-0.4, -0.2) is 37.5 Å². The van der Waals surface area contributed by atoms with Crippen molar-refractivity contribution >= 4 is 5.91 Å². The predicted molar refractivity (Wildman–Crippen MR) is 58.0 cm³/mol. The lowest BCUT2D eigenvalue weighted by molar-refractivity contribution is -0.127. The summed E-state index contributed by atoms with van der Waals surface area (Å²) in [7, 11) is 1.98. The van der Waals surface area contributed by atoms with Crippen molar-refractivity contribution in [3.05, 3.63) is 12.7 Å². The number of nitrogens with one attached hydrogen (secondary N) is 1. The summed E-state index contributed by atoms with van der Waals surface area (Å²) >= 11 is 0. The van der Waals surface area contributed by atoms with Gasteiger partial charge in [0.2, 0.25) is 5.91 Å². The second-order valence-corrected chi connectivity index (χ2v) is 3.87. The fraction of sp³-hybridized carbons (Fsp3) is 0.727. The number of nitrogens with zero attached hydrogens (tertiary/aromatic N) is 1. The standard InChI is InChI=1S/C11H20N2O/c1-3-11(14)13-8-5-10(6-9-13)4-7-12-2/h3,10,12H,1,4-9H2,2H3. The van der Waals surface area contributed by atoms with Gasteiger partial charge in [0, 0.05) is 13.1 Å². The van der Waals surface area contributed by atoms with Gasteiger partial charge in [0.25, 0.3) is 0 Å². The average molecular weight is 196 g/mol. The number of hydrogen-bond donors (Lipinski definition) is 1. The van der Waals surface area contributed by atoms with Crippen LogP contribution in [0.1, 0.15) is 19.3 Å². The van der Waals surface area contributed by atoms with Gasteiger partial charge in [-0.2, -0.15) is 0 Å². The van der Waals surface area contributed by atoms with Crippen LogP contribution in [0, 0.1) is 5.92 Å². The minimum absolute atomic E-state index is 0.0806. The van der Waals surface area contributed by atoms with E-state index in [1.807, 2.05) is 11.9 Å². The molecule has 3 nitrogen and oxygen atoms in total. The molecular formula is C11H20N2O. The summed E-state index contributed by atoms with van der Waals surface area (Å²) in [6, 6.07) is 0. The van der Waals surface area contributed by atoms with Crippen LogP contribution in [0.2, 0.25) is 0 Å². The van der Waals surface area contributed by atoms with Gasteiger partial charge < -0.3 is 10.2 Å². The Bertz CT molecular complexity index is 195. The maximum absolute atomic E-state index is 11.3. The molecule has 1 amide bonds. The highest BCUT2D eigenvalue weighted by Crippen LogP contribution is 2.19. The lowest BCUT2D eigenvalue weighted by Crippen LogP contribution is -2.37. The van der Waals surface area contributed by atoms with Crippen LogP contribution in [0.25, 0.3) is 0 Å². The van der Waals surface area contributed by atoms with Crippen molar-refractivity contribution in [3.63, 3.8) is 0 Å². The highest BCUT2D eigenvalue weighted by molar-refractivity contribution is 5.87. The van der Waals surface area contributed by atoms with Gasteiger partial charge in [-0.3, -0.25) is 4.79 Å². The summed E-state index contributed by atoms with van der Waals surface area (Å²) in [6.07, 6.45) is 4.92. The zero-order valence-corrected chi connectivity index (χ0v) is 8.96. The van der Waals surface area contributed by atoms with E-state index < -0.39 is 0 Å². The summed E-state index contributed by atoms with van der Waals surface area (Å²) in [4.78, 5) is 13.2. The lowest BCUT2D eigenvalue weighted by Gasteiger charge is -2.31. The SMILES string of the molecule is C=CC(=O)N1CCC(CCNC)CC1. The van der Waals surface area contributed by atoms with E-state index in [0.29, 0.717) is 0 Å². The quantitative estimate of drug-likeness (QED) is 0.681. The van der Waals surface area contributed by atoms with Crippen molar-refractivity contribution in [1.29, 1.82) is 0 Å². The first-order valence-corrected chi connectivity index (χ1v) is 5.34. The molecule has 0 bridgehead atoms. The van der Waals surface area contributed by atoms with Crippen molar-refractivity contribution < 1.29 is 4.79 Å². The van der Waals surface area contributed by atoms with Crippen LogP contribution in [0.4, 0.5) is 0 Å². The van der Waals surface area contributed by atoms with Crippen LogP contribution in [0.15, 0.2) is 12.7 Å². The number of hydrogen-bond acceptors (Lipinski definition) is 2. The van der Waals surface area contributed by atoms with Crippen LogP contribution in [0.3, 0.4) is 0 Å². The first-order valence-electron chi connectivity index (χ1n) is 5.34. The molecule has 0 spiro atoms. The largest absolute Gasteiger partial charge is 0.339 e. The Labute approximate surface area is 86.2 Å². The summed E-state index contributed by atoms with van der Waals surface area (Å²) in [6.45, 7) is 6.39. The molecule has 1 saturated heterocycles. The molecule has 0 aromatic heterocycles. The molecule has 0 atom stereocenters. The molecule has 1 heterocycles. The fourth-order valence-corrected chi connectivity index (χ4v) is 1.92. The molecule has 14 heavy (non-hydrogen) atoms. The molecule has 0 unspecified atom stereocenters. The van der Waals surface area contributed by atoms with Crippen LogP contribution in [-0.2, 0) is 4.79 Å². The Morgan fingerprint density at radius 1 is 1.57 bits per heavy atom. The Kier molecular flexibility index (Phi) is 4.66. The Morgan fingerprint density at radius 3 is 2.71 bits per heavy atom. The maximum Gasteiger partial charge on any atom is 0.245 e. The van der Waals surface area contributed by atoms with E-state index >= 15 is 0 Å². The molecule has 1 aliphatic rings.